The topological polar surface area (TPSA) is 52.6 Å². The largest absolute Gasteiger partial charge is 0.414 e. The van der Waals surface area contributed by atoms with E-state index >= 15 is 0 Å². The van der Waals surface area contributed by atoms with Crippen molar-refractivity contribution in [1.82, 2.24) is 0 Å². The molecule has 114 valence electrons. The second kappa shape index (κ2) is 5.83. The van der Waals surface area contributed by atoms with Crippen molar-refractivity contribution in [2.75, 3.05) is 6.26 Å². The maximum Gasteiger partial charge on any atom is 0.264 e. The maximum absolute atomic E-state index is 11.2. The Bertz CT molecular complexity index is 397. The van der Waals surface area contributed by atoms with Gasteiger partial charge in [-0.3, -0.25) is 4.18 Å². The van der Waals surface area contributed by atoms with Crippen molar-refractivity contribution >= 4 is 18.4 Å². The van der Waals surface area contributed by atoms with Crippen LogP contribution in [-0.2, 0) is 18.7 Å². The Balaban J connectivity index is 2.61. The Morgan fingerprint density at radius 2 is 1.63 bits per heavy atom. The van der Waals surface area contributed by atoms with Gasteiger partial charge >= 0.3 is 0 Å². The normalized spacial score (nSPS) is 26.4. The molecular formula is C13H28O4SSi. The SMILES string of the molecule is CC(C)(C)[Si](C)(C)OC1CCCC(OS(C)(=O)=O)C1. The van der Waals surface area contributed by atoms with Gasteiger partial charge < -0.3 is 4.43 Å². The van der Waals surface area contributed by atoms with Gasteiger partial charge in [-0.2, -0.15) is 8.42 Å². The predicted molar refractivity (Wildman–Crippen MR) is 80.3 cm³/mol. The zero-order valence-corrected chi connectivity index (χ0v) is 14.8. The zero-order chi connectivity index (χ0) is 14.9. The Labute approximate surface area is 119 Å². The summed E-state index contributed by atoms with van der Waals surface area (Å²) in [7, 11) is -5.15. The standard InChI is InChI=1S/C13H28O4SSi/c1-13(2,3)19(5,6)17-12-9-7-8-11(10-12)16-18(4,14)15/h11-12H,7-10H2,1-6H3. The quantitative estimate of drug-likeness (QED) is 0.590. The highest BCUT2D eigenvalue weighted by molar-refractivity contribution is 7.86. The molecule has 0 aromatic heterocycles. The Morgan fingerprint density at radius 1 is 1.11 bits per heavy atom. The van der Waals surface area contributed by atoms with Crippen molar-refractivity contribution in [3.63, 3.8) is 0 Å². The van der Waals surface area contributed by atoms with Crippen LogP contribution in [0.3, 0.4) is 0 Å². The van der Waals surface area contributed by atoms with E-state index in [-0.39, 0.29) is 17.2 Å². The molecule has 2 atom stereocenters. The average molecular weight is 309 g/mol. The Morgan fingerprint density at radius 3 is 2.11 bits per heavy atom. The summed E-state index contributed by atoms with van der Waals surface area (Å²) in [5.74, 6) is 0. The second-order valence-corrected chi connectivity index (χ2v) is 13.4. The third kappa shape index (κ3) is 5.53. The molecule has 0 heterocycles. The van der Waals surface area contributed by atoms with Crippen molar-refractivity contribution in [3.8, 4) is 0 Å². The summed E-state index contributed by atoms with van der Waals surface area (Å²) in [6.45, 7) is 11.1. The Kier molecular flexibility index (Phi) is 5.26. The molecule has 1 aliphatic rings. The first kappa shape index (κ1) is 17.1. The molecule has 1 saturated carbocycles. The Hall–Kier alpha value is 0.0869. The summed E-state index contributed by atoms with van der Waals surface area (Å²) in [5, 5.41) is 0.178. The minimum absolute atomic E-state index is 0.140. The van der Waals surface area contributed by atoms with Crippen LogP contribution in [-0.4, -0.2) is 35.2 Å². The lowest BCUT2D eigenvalue weighted by molar-refractivity contribution is 0.0640. The summed E-state index contributed by atoms with van der Waals surface area (Å²) in [6.07, 6.45) is 4.53. The van der Waals surface area contributed by atoms with Crippen LogP contribution in [0, 0.1) is 0 Å². The lowest BCUT2D eigenvalue weighted by Gasteiger charge is -2.41. The van der Waals surface area contributed by atoms with Gasteiger partial charge in [0.2, 0.25) is 0 Å². The minimum atomic E-state index is -3.36. The van der Waals surface area contributed by atoms with Crippen molar-refractivity contribution in [1.29, 1.82) is 0 Å². The molecule has 1 rings (SSSR count). The molecule has 19 heavy (non-hydrogen) atoms. The van der Waals surface area contributed by atoms with Gasteiger partial charge in [0.05, 0.1) is 12.4 Å². The number of hydrogen-bond acceptors (Lipinski definition) is 4. The van der Waals surface area contributed by atoms with Gasteiger partial charge in [0.25, 0.3) is 10.1 Å². The highest BCUT2D eigenvalue weighted by Gasteiger charge is 2.40. The summed E-state index contributed by atoms with van der Waals surface area (Å²) < 4.78 is 33.9. The first-order chi connectivity index (χ1) is 8.41. The van der Waals surface area contributed by atoms with Crippen LogP contribution >= 0.6 is 0 Å². The second-order valence-electron chi connectivity index (χ2n) is 7.09. The van der Waals surface area contributed by atoms with Gasteiger partial charge in [0.1, 0.15) is 0 Å². The zero-order valence-electron chi connectivity index (χ0n) is 13.0. The summed E-state index contributed by atoms with van der Waals surface area (Å²) in [4.78, 5) is 0. The van der Waals surface area contributed by atoms with Crippen LogP contribution in [0.5, 0.6) is 0 Å². The molecule has 1 aliphatic carbocycles. The summed E-state index contributed by atoms with van der Waals surface area (Å²) >= 11 is 0. The van der Waals surface area contributed by atoms with Gasteiger partial charge in [-0.25, -0.2) is 0 Å². The molecule has 0 N–H and O–H groups in total. The van der Waals surface area contributed by atoms with E-state index in [1.54, 1.807) is 0 Å². The van der Waals surface area contributed by atoms with E-state index in [0.29, 0.717) is 6.42 Å². The average Bonchev–Trinajstić information content (AvgIpc) is 2.12. The molecule has 0 saturated heterocycles. The van der Waals surface area contributed by atoms with E-state index in [9.17, 15) is 8.42 Å². The molecule has 0 amide bonds. The van der Waals surface area contributed by atoms with Crippen LogP contribution in [0.1, 0.15) is 46.5 Å². The molecule has 0 aliphatic heterocycles. The van der Waals surface area contributed by atoms with E-state index in [2.05, 4.69) is 33.9 Å². The van der Waals surface area contributed by atoms with E-state index in [4.69, 9.17) is 8.61 Å². The van der Waals surface area contributed by atoms with Crippen molar-refractivity contribution in [3.05, 3.63) is 0 Å². The predicted octanol–water partition coefficient (Wildman–Crippen LogP) is 3.30. The highest BCUT2D eigenvalue weighted by atomic mass is 32.2. The van der Waals surface area contributed by atoms with Crippen molar-refractivity contribution in [2.24, 2.45) is 0 Å². The van der Waals surface area contributed by atoms with E-state index in [0.717, 1.165) is 25.5 Å². The van der Waals surface area contributed by atoms with Gasteiger partial charge in [-0.15, -0.1) is 0 Å². The van der Waals surface area contributed by atoms with Crippen LogP contribution in [0.2, 0.25) is 18.1 Å². The maximum atomic E-state index is 11.2. The van der Waals surface area contributed by atoms with Gasteiger partial charge in [-0.05, 0) is 43.8 Å². The van der Waals surface area contributed by atoms with E-state index in [1.807, 2.05) is 0 Å². The fourth-order valence-electron chi connectivity index (χ4n) is 2.14. The fraction of sp³-hybridized carbons (Fsp3) is 1.00. The third-order valence-corrected chi connectivity index (χ3v) is 9.31. The monoisotopic (exact) mass is 308 g/mol. The fourth-order valence-corrected chi connectivity index (χ4v) is 4.21. The first-order valence-electron chi connectivity index (χ1n) is 6.97. The summed E-state index contributed by atoms with van der Waals surface area (Å²) in [5.41, 5.74) is 0. The highest BCUT2D eigenvalue weighted by Crippen LogP contribution is 2.39. The number of hydrogen-bond donors (Lipinski definition) is 0. The van der Waals surface area contributed by atoms with E-state index < -0.39 is 18.4 Å². The van der Waals surface area contributed by atoms with Crippen LogP contribution in [0.25, 0.3) is 0 Å². The molecule has 0 radical (unpaired) electrons. The van der Waals surface area contributed by atoms with Crippen LogP contribution in [0.15, 0.2) is 0 Å². The van der Waals surface area contributed by atoms with Crippen LogP contribution in [0.4, 0.5) is 0 Å². The third-order valence-electron chi connectivity index (χ3n) is 4.16. The lowest BCUT2D eigenvalue weighted by atomic mass is 9.95. The molecule has 0 bridgehead atoms. The molecule has 0 spiro atoms. The summed E-state index contributed by atoms with van der Waals surface area (Å²) in [6, 6.07) is 0. The first-order valence-corrected chi connectivity index (χ1v) is 11.7. The van der Waals surface area contributed by atoms with Gasteiger partial charge in [0, 0.05) is 6.10 Å². The minimum Gasteiger partial charge on any atom is -0.414 e. The molecule has 2 unspecified atom stereocenters. The lowest BCUT2D eigenvalue weighted by Crippen LogP contribution is -2.45. The smallest absolute Gasteiger partial charge is 0.264 e. The van der Waals surface area contributed by atoms with Crippen LogP contribution < -0.4 is 0 Å². The van der Waals surface area contributed by atoms with Gasteiger partial charge in [0.15, 0.2) is 8.32 Å². The molecule has 6 heteroatoms. The molecule has 4 nitrogen and oxygen atoms in total. The molecule has 0 aromatic rings. The number of rotatable bonds is 4. The molecule has 1 fully saturated rings. The van der Waals surface area contributed by atoms with E-state index in [1.165, 1.54) is 0 Å². The molecular weight excluding hydrogens is 280 g/mol. The van der Waals surface area contributed by atoms with Crippen molar-refractivity contribution < 1.29 is 17.0 Å². The van der Waals surface area contributed by atoms with Crippen molar-refractivity contribution in [2.45, 2.75) is 76.8 Å². The van der Waals surface area contributed by atoms with Gasteiger partial charge in [-0.1, -0.05) is 20.8 Å². The molecule has 0 aromatic carbocycles.